The standard InChI is InChI=1S/C18H15F3N2O7S/c1-10(16(24)22-13-6-4-3-5-12(13)18(19,20)21)30-17(25)11-7-8-15(31(2,28)29)14(9-11)23(26)27/h3-10H,1-2H3,(H,22,24). The molecule has 0 spiro atoms. The van der Waals surface area contributed by atoms with Gasteiger partial charge in [0.1, 0.15) is 4.90 Å². The van der Waals surface area contributed by atoms with Gasteiger partial charge in [-0.25, -0.2) is 13.2 Å². The maximum Gasteiger partial charge on any atom is 0.418 e. The second-order valence-electron chi connectivity index (χ2n) is 6.29. The molecule has 2 aromatic rings. The lowest BCUT2D eigenvalue weighted by molar-refractivity contribution is -0.387. The fraction of sp³-hybridized carbons (Fsp3) is 0.222. The Kier molecular flexibility index (Phi) is 6.69. The average Bonchev–Trinajstić information content (AvgIpc) is 2.66. The number of carbonyl (C=O) groups excluding carboxylic acids is 2. The first-order valence-corrected chi connectivity index (χ1v) is 10.3. The third-order valence-electron chi connectivity index (χ3n) is 3.93. The monoisotopic (exact) mass is 460 g/mol. The topological polar surface area (TPSA) is 133 Å². The minimum atomic E-state index is -4.73. The number of amides is 1. The molecule has 0 aliphatic carbocycles. The smallest absolute Gasteiger partial charge is 0.418 e. The van der Waals surface area contributed by atoms with Gasteiger partial charge in [-0.3, -0.25) is 14.9 Å². The Morgan fingerprint density at radius 1 is 1.16 bits per heavy atom. The summed E-state index contributed by atoms with van der Waals surface area (Å²) in [6.07, 6.45) is -5.55. The Bertz CT molecular complexity index is 1150. The zero-order chi connectivity index (χ0) is 23.6. The van der Waals surface area contributed by atoms with Crippen LogP contribution in [0.4, 0.5) is 24.5 Å². The molecule has 2 rings (SSSR count). The van der Waals surface area contributed by atoms with Crippen LogP contribution in [-0.2, 0) is 25.5 Å². The molecule has 1 N–H and O–H groups in total. The van der Waals surface area contributed by atoms with Crippen molar-refractivity contribution >= 4 is 33.1 Å². The van der Waals surface area contributed by atoms with E-state index < -0.39 is 66.3 Å². The fourth-order valence-electron chi connectivity index (χ4n) is 2.46. The van der Waals surface area contributed by atoms with Crippen molar-refractivity contribution < 1.29 is 40.8 Å². The van der Waals surface area contributed by atoms with Crippen LogP contribution in [0.2, 0.25) is 0 Å². The number of hydrogen-bond acceptors (Lipinski definition) is 7. The van der Waals surface area contributed by atoms with Crippen molar-refractivity contribution in [1.82, 2.24) is 0 Å². The van der Waals surface area contributed by atoms with Gasteiger partial charge in [0, 0.05) is 12.3 Å². The Labute approximate surface area is 173 Å². The van der Waals surface area contributed by atoms with Crippen molar-refractivity contribution in [3.05, 3.63) is 63.7 Å². The highest BCUT2D eigenvalue weighted by Gasteiger charge is 2.34. The number of esters is 1. The Morgan fingerprint density at radius 3 is 2.32 bits per heavy atom. The van der Waals surface area contributed by atoms with Crippen molar-refractivity contribution in [3.8, 4) is 0 Å². The van der Waals surface area contributed by atoms with Crippen molar-refractivity contribution in [2.24, 2.45) is 0 Å². The number of alkyl halides is 3. The molecular formula is C18H15F3N2O7S. The van der Waals surface area contributed by atoms with Gasteiger partial charge in [-0.2, -0.15) is 13.2 Å². The van der Waals surface area contributed by atoms with E-state index in [-0.39, 0.29) is 0 Å². The highest BCUT2D eigenvalue weighted by atomic mass is 32.2. The molecule has 0 radical (unpaired) electrons. The number of rotatable bonds is 6. The van der Waals surface area contributed by atoms with E-state index in [1.165, 1.54) is 6.07 Å². The summed E-state index contributed by atoms with van der Waals surface area (Å²) in [5, 5.41) is 13.1. The largest absolute Gasteiger partial charge is 0.449 e. The first-order valence-electron chi connectivity index (χ1n) is 8.38. The van der Waals surface area contributed by atoms with E-state index in [4.69, 9.17) is 4.74 Å². The van der Waals surface area contributed by atoms with E-state index in [1.54, 1.807) is 0 Å². The zero-order valence-corrected chi connectivity index (χ0v) is 16.8. The number of para-hydroxylation sites is 1. The Hall–Kier alpha value is -3.48. The van der Waals surface area contributed by atoms with Gasteiger partial charge in [-0.15, -0.1) is 0 Å². The second kappa shape index (κ2) is 8.71. The first-order chi connectivity index (χ1) is 14.2. The number of anilines is 1. The molecular weight excluding hydrogens is 445 g/mol. The zero-order valence-electron chi connectivity index (χ0n) is 16.0. The van der Waals surface area contributed by atoms with E-state index in [0.29, 0.717) is 6.07 Å². The van der Waals surface area contributed by atoms with Gasteiger partial charge in [-0.05, 0) is 31.2 Å². The normalized spacial score (nSPS) is 12.7. The Balaban J connectivity index is 2.21. The number of sulfone groups is 1. The van der Waals surface area contributed by atoms with Crippen LogP contribution in [0.25, 0.3) is 0 Å². The quantitative estimate of drug-likeness (QED) is 0.398. The lowest BCUT2D eigenvalue weighted by Gasteiger charge is -2.17. The lowest BCUT2D eigenvalue weighted by Crippen LogP contribution is -2.30. The minimum Gasteiger partial charge on any atom is -0.449 e. The molecule has 9 nitrogen and oxygen atoms in total. The van der Waals surface area contributed by atoms with Crippen LogP contribution in [0.15, 0.2) is 47.4 Å². The summed E-state index contributed by atoms with van der Waals surface area (Å²) in [6, 6.07) is 6.64. The van der Waals surface area contributed by atoms with E-state index >= 15 is 0 Å². The van der Waals surface area contributed by atoms with Crippen LogP contribution < -0.4 is 5.32 Å². The number of ether oxygens (including phenoxy) is 1. The predicted octanol–water partition coefficient (Wildman–Crippen LogP) is 3.20. The number of nitro groups is 1. The van der Waals surface area contributed by atoms with Gasteiger partial charge in [-0.1, -0.05) is 12.1 Å². The number of hydrogen-bond donors (Lipinski definition) is 1. The summed E-state index contributed by atoms with van der Waals surface area (Å²) in [6.45, 7) is 1.09. The number of nitrogens with zero attached hydrogens (tertiary/aromatic N) is 1. The summed E-state index contributed by atoms with van der Waals surface area (Å²) >= 11 is 0. The number of benzene rings is 2. The summed E-state index contributed by atoms with van der Waals surface area (Å²) in [5.41, 5.74) is -2.94. The van der Waals surface area contributed by atoms with Crippen LogP contribution in [0.3, 0.4) is 0 Å². The molecule has 0 aliphatic heterocycles. The number of nitro benzene ring substituents is 1. The highest BCUT2D eigenvalue weighted by molar-refractivity contribution is 7.90. The summed E-state index contributed by atoms with van der Waals surface area (Å²) in [7, 11) is -3.96. The minimum absolute atomic E-state index is 0.422. The molecule has 0 fully saturated rings. The van der Waals surface area contributed by atoms with Gasteiger partial charge >= 0.3 is 12.1 Å². The van der Waals surface area contributed by atoms with E-state index in [1.807, 2.05) is 5.32 Å². The van der Waals surface area contributed by atoms with E-state index in [2.05, 4.69) is 0 Å². The molecule has 31 heavy (non-hydrogen) atoms. The third-order valence-corrected chi connectivity index (χ3v) is 5.08. The molecule has 2 aromatic carbocycles. The molecule has 0 heterocycles. The van der Waals surface area contributed by atoms with Crippen LogP contribution >= 0.6 is 0 Å². The SMILES string of the molecule is CC(OC(=O)c1ccc(S(C)(=O)=O)c([N+](=O)[O-])c1)C(=O)Nc1ccccc1C(F)(F)F. The van der Waals surface area contributed by atoms with Crippen LogP contribution in [0.1, 0.15) is 22.8 Å². The van der Waals surface area contributed by atoms with Gasteiger partial charge in [0.25, 0.3) is 11.6 Å². The van der Waals surface area contributed by atoms with Crippen LogP contribution in [-0.4, -0.2) is 37.6 Å². The average molecular weight is 460 g/mol. The maximum atomic E-state index is 13.0. The fourth-order valence-corrected chi connectivity index (χ4v) is 3.28. The van der Waals surface area contributed by atoms with Crippen LogP contribution in [0, 0.1) is 10.1 Å². The molecule has 13 heteroatoms. The molecule has 0 aromatic heterocycles. The number of nitrogens with one attached hydrogen (secondary N) is 1. The third kappa shape index (κ3) is 5.78. The van der Waals surface area contributed by atoms with Gasteiger partial charge in [0.15, 0.2) is 15.9 Å². The number of halogens is 3. The molecule has 0 aliphatic rings. The maximum absolute atomic E-state index is 13.0. The van der Waals surface area contributed by atoms with Gasteiger partial charge in [0.2, 0.25) is 0 Å². The molecule has 1 atom stereocenters. The van der Waals surface area contributed by atoms with Crippen molar-refractivity contribution in [2.45, 2.75) is 24.1 Å². The number of carbonyl (C=O) groups is 2. The summed E-state index contributed by atoms with van der Waals surface area (Å²) in [5.74, 6) is -2.29. The molecule has 0 bridgehead atoms. The molecule has 166 valence electrons. The van der Waals surface area contributed by atoms with Crippen molar-refractivity contribution in [3.63, 3.8) is 0 Å². The summed E-state index contributed by atoms with van der Waals surface area (Å²) < 4.78 is 67.1. The molecule has 0 saturated heterocycles. The van der Waals surface area contributed by atoms with Gasteiger partial charge in [0.05, 0.1) is 21.7 Å². The highest BCUT2D eigenvalue weighted by Crippen LogP contribution is 2.34. The van der Waals surface area contributed by atoms with E-state index in [0.717, 1.165) is 43.5 Å². The predicted molar refractivity (Wildman–Crippen MR) is 101 cm³/mol. The molecule has 1 unspecified atom stereocenters. The summed E-state index contributed by atoms with van der Waals surface area (Å²) in [4.78, 5) is 33.9. The second-order valence-corrected chi connectivity index (χ2v) is 8.28. The van der Waals surface area contributed by atoms with Crippen molar-refractivity contribution in [2.75, 3.05) is 11.6 Å². The van der Waals surface area contributed by atoms with Crippen LogP contribution in [0.5, 0.6) is 0 Å². The van der Waals surface area contributed by atoms with Crippen molar-refractivity contribution in [1.29, 1.82) is 0 Å². The molecule has 1 amide bonds. The van der Waals surface area contributed by atoms with Gasteiger partial charge < -0.3 is 10.1 Å². The lowest BCUT2D eigenvalue weighted by atomic mass is 10.1. The Morgan fingerprint density at radius 2 is 1.77 bits per heavy atom. The first kappa shape index (κ1) is 23.8. The van der Waals surface area contributed by atoms with E-state index in [9.17, 15) is 41.3 Å². The molecule has 0 saturated carbocycles.